The lowest BCUT2D eigenvalue weighted by Gasteiger charge is -2.16. The van der Waals surface area contributed by atoms with E-state index in [1.165, 1.54) is 59.6 Å². The number of rotatable bonds is 6. The van der Waals surface area contributed by atoms with Crippen molar-refractivity contribution in [3.63, 3.8) is 0 Å². The Hall–Kier alpha value is -4.35. The number of carbonyl (C=O) groups excluding carboxylic acids is 1. The summed E-state index contributed by atoms with van der Waals surface area (Å²) in [5.74, 6) is -1.48. The smallest absolute Gasteiger partial charge is 0.324 e. The number of carbonyl (C=O) groups is 1. The van der Waals surface area contributed by atoms with E-state index < -0.39 is 34.3 Å². The predicted octanol–water partition coefficient (Wildman–Crippen LogP) is 4.59. The van der Waals surface area contributed by atoms with Crippen molar-refractivity contribution >= 4 is 23.0 Å². The minimum atomic E-state index is -4.53. The van der Waals surface area contributed by atoms with Gasteiger partial charge in [0.25, 0.3) is 5.69 Å². The van der Waals surface area contributed by atoms with E-state index in [-0.39, 0.29) is 18.8 Å². The molecule has 35 heavy (non-hydrogen) atoms. The van der Waals surface area contributed by atoms with E-state index in [2.05, 4.69) is 15.4 Å². The lowest BCUT2D eigenvalue weighted by molar-refractivity contribution is -0.384. The van der Waals surface area contributed by atoms with Crippen LogP contribution in [0.2, 0.25) is 0 Å². The molecule has 1 N–H and O–H groups in total. The fourth-order valence-electron chi connectivity index (χ4n) is 3.59. The number of non-ortho nitro benzene ring substituents is 1. The molecule has 8 nitrogen and oxygen atoms in total. The van der Waals surface area contributed by atoms with Crippen LogP contribution < -0.4 is 5.32 Å². The van der Waals surface area contributed by atoms with Gasteiger partial charge in [-0.3, -0.25) is 24.9 Å². The molecular formula is C23H17F4N5O3. The van der Waals surface area contributed by atoms with E-state index in [4.69, 9.17) is 0 Å². The standard InChI is InChI=1S/C23H17F4N5O3/c24-16-4-1-14(2-5-16)22-19(20-10-3-15(11-28-20)23(25,26)27)12-31(30-22)13-21(33)29-17-6-8-18(9-7-17)32(34)35/h1-11,19H,12-13H2,(H,29,33). The molecule has 0 bridgehead atoms. The molecule has 1 aromatic heterocycles. The molecule has 0 radical (unpaired) electrons. The van der Waals surface area contributed by atoms with Crippen molar-refractivity contribution in [2.24, 2.45) is 5.10 Å². The number of amides is 1. The summed E-state index contributed by atoms with van der Waals surface area (Å²) in [5, 5.41) is 19.3. The largest absolute Gasteiger partial charge is 0.417 e. The summed E-state index contributed by atoms with van der Waals surface area (Å²) in [6.45, 7) is -0.0441. The fourth-order valence-corrected chi connectivity index (χ4v) is 3.59. The third-order valence-corrected chi connectivity index (χ3v) is 5.27. The van der Waals surface area contributed by atoms with Crippen LogP contribution in [0.15, 0.2) is 72.0 Å². The fraction of sp³-hybridized carbons (Fsp3) is 0.174. The number of pyridine rings is 1. The van der Waals surface area contributed by atoms with Crippen LogP contribution in [0.3, 0.4) is 0 Å². The van der Waals surface area contributed by atoms with Gasteiger partial charge in [-0.05, 0) is 42.0 Å². The number of anilines is 1. The van der Waals surface area contributed by atoms with Gasteiger partial charge >= 0.3 is 6.18 Å². The van der Waals surface area contributed by atoms with Gasteiger partial charge < -0.3 is 5.32 Å². The van der Waals surface area contributed by atoms with E-state index in [1.807, 2.05) is 0 Å². The minimum Gasteiger partial charge on any atom is -0.324 e. The number of alkyl halides is 3. The molecule has 0 fully saturated rings. The molecule has 2 heterocycles. The molecule has 12 heteroatoms. The molecule has 180 valence electrons. The maximum Gasteiger partial charge on any atom is 0.417 e. The number of nitro benzene ring substituents is 1. The summed E-state index contributed by atoms with van der Waals surface area (Å²) in [6, 6.07) is 12.9. The van der Waals surface area contributed by atoms with E-state index in [1.54, 1.807) is 0 Å². The number of benzene rings is 2. The number of nitro groups is 1. The maximum absolute atomic E-state index is 13.4. The van der Waals surface area contributed by atoms with Gasteiger partial charge in [-0.1, -0.05) is 12.1 Å². The van der Waals surface area contributed by atoms with Crippen molar-refractivity contribution in [1.29, 1.82) is 0 Å². The van der Waals surface area contributed by atoms with Crippen LogP contribution >= 0.6 is 0 Å². The highest BCUT2D eigenvalue weighted by Crippen LogP contribution is 2.32. The number of nitrogens with one attached hydrogen (secondary N) is 1. The van der Waals surface area contributed by atoms with Gasteiger partial charge in [0.15, 0.2) is 0 Å². The molecule has 0 saturated heterocycles. The van der Waals surface area contributed by atoms with Crippen LogP contribution in [-0.2, 0) is 11.0 Å². The van der Waals surface area contributed by atoms with Crippen molar-refractivity contribution in [2.75, 3.05) is 18.4 Å². The first kappa shape index (κ1) is 23.8. The predicted molar refractivity (Wildman–Crippen MR) is 118 cm³/mol. The summed E-state index contributed by atoms with van der Waals surface area (Å²) < 4.78 is 52.2. The van der Waals surface area contributed by atoms with E-state index >= 15 is 0 Å². The van der Waals surface area contributed by atoms with Gasteiger partial charge in [-0.2, -0.15) is 18.3 Å². The Morgan fingerprint density at radius 1 is 1.09 bits per heavy atom. The Morgan fingerprint density at radius 2 is 1.77 bits per heavy atom. The first-order chi connectivity index (χ1) is 16.6. The second-order valence-corrected chi connectivity index (χ2v) is 7.71. The van der Waals surface area contributed by atoms with Gasteiger partial charge in [-0.25, -0.2) is 4.39 Å². The summed E-state index contributed by atoms with van der Waals surface area (Å²) in [4.78, 5) is 26.7. The topological polar surface area (TPSA) is 101 Å². The van der Waals surface area contributed by atoms with Crippen molar-refractivity contribution < 1.29 is 27.3 Å². The average molecular weight is 487 g/mol. The first-order valence-electron chi connectivity index (χ1n) is 10.3. The lowest BCUT2D eigenvalue weighted by atomic mass is 9.94. The third-order valence-electron chi connectivity index (χ3n) is 5.27. The van der Waals surface area contributed by atoms with Gasteiger partial charge in [0.1, 0.15) is 12.4 Å². The number of nitrogens with zero attached hydrogens (tertiary/aromatic N) is 4. The molecule has 0 saturated carbocycles. The SMILES string of the molecule is O=C(CN1CC(c2ccc(C(F)(F)F)cn2)C(c2ccc(F)cc2)=N1)Nc1ccc([N+](=O)[O-])cc1. The Balaban J connectivity index is 1.53. The zero-order chi connectivity index (χ0) is 25.2. The van der Waals surface area contributed by atoms with Crippen LogP contribution in [0.5, 0.6) is 0 Å². The summed E-state index contributed by atoms with van der Waals surface area (Å²) in [6.07, 6.45) is -3.79. The highest BCUT2D eigenvalue weighted by Gasteiger charge is 2.34. The Morgan fingerprint density at radius 3 is 2.34 bits per heavy atom. The van der Waals surface area contributed by atoms with Gasteiger partial charge in [0.2, 0.25) is 5.91 Å². The zero-order valence-corrected chi connectivity index (χ0v) is 17.9. The third kappa shape index (κ3) is 5.60. The van der Waals surface area contributed by atoms with Crippen LogP contribution in [0, 0.1) is 15.9 Å². The quantitative estimate of drug-likeness (QED) is 0.311. The number of hydrogen-bond donors (Lipinski definition) is 1. The molecule has 4 rings (SSSR count). The van der Waals surface area contributed by atoms with Crippen molar-refractivity contribution in [3.05, 3.63) is 99.6 Å². The number of aromatic nitrogens is 1. The van der Waals surface area contributed by atoms with E-state index in [9.17, 15) is 32.5 Å². The molecule has 0 spiro atoms. The molecule has 1 unspecified atom stereocenters. The summed E-state index contributed by atoms with van der Waals surface area (Å²) in [7, 11) is 0. The van der Waals surface area contributed by atoms with E-state index in [0.29, 0.717) is 22.7 Å². The number of hydrogen-bond acceptors (Lipinski definition) is 6. The molecule has 3 aromatic rings. The van der Waals surface area contributed by atoms with Crippen LogP contribution in [0.25, 0.3) is 0 Å². The Labute approximate surface area is 196 Å². The monoisotopic (exact) mass is 487 g/mol. The van der Waals surface area contributed by atoms with Gasteiger partial charge in [0, 0.05) is 24.0 Å². The second kappa shape index (κ2) is 9.49. The van der Waals surface area contributed by atoms with Crippen molar-refractivity contribution in [3.8, 4) is 0 Å². The molecule has 1 aliphatic heterocycles. The van der Waals surface area contributed by atoms with E-state index in [0.717, 1.165) is 12.3 Å². The van der Waals surface area contributed by atoms with Crippen molar-refractivity contribution in [1.82, 2.24) is 9.99 Å². The number of hydrazone groups is 1. The van der Waals surface area contributed by atoms with Crippen LogP contribution in [-0.4, -0.2) is 39.6 Å². The Kier molecular flexibility index (Phi) is 6.45. The van der Waals surface area contributed by atoms with Crippen LogP contribution in [0.1, 0.15) is 22.7 Å². The molecular weight excluding hydrogens is 470 g/mol. The van der Waals surface area contributed by atoms with Crippen molar-refractivity contribution in [2.45, 2.75) is 12.1 Å². The van der Waals surface area contributed by atoms with Gasteiger partial charge in [0.05, 0.1) is 34.4 Å². The highest BCUT2D eigenvalue weighted by atomic mass is 19.4. The second-order valence-electron chi connectivity index (χ2n) is 7.71. The maximum atomic E-state index is 13.4. The molecule has 1 amide bonds. The minimum absolute atomic E-state index is 0.122. The molecule has 1 aliphatic rings. The lowest BCUT2D eigenvalue weighted by Crippen LogP contribution is -2.29. The normalized spacial score (nSPS) is 15.6. The molecule has 1 atom stereocenters. The number of halogens is 4. The first-order valence-corrected chi connectivity index (χ1v) is 10.3. The Bertz CT molecular complexity index is 1260. The van der Waals surface area contributed by atoms with Gasteiger partial charge in [-0.15, -0.1) is 0 Å². The molecule has 0 aliphatic carbocycles. The zero-order valence-electron chi connectivity index (χ0n) is 17.9. The van der Waals surface area contributed by atoms with Crippen LogP contribution in [0.4, 0.5) is 28.9 Å². The summed E-state index contributed by atoms with van der Waals surface area (Å²) in [5.41, 5.74) is 0.626. The molecule has 2 aromatic carbocycles. The highest BCUT2D eigenvalue weighted by molar-refractivity contribution is 6.06. The average Bonchev–Trinajstić information content (AvgIpc) is 3.23. The summed E-state index contributed by atoms with van der Waals surface area (Å²) >= 11 is 0.